The van der Waals surface area contributed by atoms with Crippen molar-refractivity contribution in [2.24, 2.45) is 0 Å². The van der Waals surface area contributed by atoms with Crippen LogP contribution in [0.2, 0.25) is 10.0 Å². The van der Waals surface area contributed by atoms with E-state index in [1.54, 1.807) is 42.5 Å². The van der Waals surface area contributed by atoms with Gasteiger partial charge in [-0.3, -0.25) is 14.5 Å². The predicted molar refractivity (Wildman–Crippen MR) is 150 cm³/mol. The zero-order chi connectivity index (χ0) is 27.4. The molecule has 0 N–H and O–H groups in total. The molecule has 0 unspecified atom stereocenters. The second kappa shape index (κ2) is 11.9. The minimum atomic E-state index is -0.564. The van der Waals surface area contributed by atoms with Gasteiger partial charge in [-0.05, 0) is 77.8 Å². The number of esters is 1. The molecular weight excluding hydrogens is 550 g/mol. The van der Waals surface area contributed by atoms with Crippen molar-refractivity contribution in [1.82, 2.24) is 4.90 Å². The molecule has 1 aliphatic rings. The largest absolute Gasteiger partial charge is 0.486 e. The average Bonchev–Trinajstić information content (AvgIpc) is 3.12. The van der Waals surface area contributed by atoms with E-state index in [0.717, 1.165) is 12.0 Å². The van der Waals surface area contributed by atoms with E-state index >= 15 is 0 Å². The minimum absolute atomic E-state index is 0.0586. The van der Waals surface area contributed by atoms with Gasteiger partial charge in [-0.25, -0.2) is 4.39 Å². The Morgan fingerprint density at radius 1 is 1.05 bits per heavy atom. The molecule has 0 radical (unpaired) electrons. The number of methoxy groups -OCH3 is 1. The molecule has 3 aromatic carbocycles. The topological polar surface area (TPSA) is 59.1 Å². The number of rotatable bonds is 8. The Morgan fingerprint density at radius 3 is 2.34 bits per heavy atom. The molecule has 196 valence electrons. The third kappa shape index (κ3) is 5.99. The monoisotopic (exact) mass is 572 g/mol. The Balaban J connectivity index is 1.65. The molecule has 1 heterocycles. The van der Waals surface area contributed by atoms with Crippen LogP contribution in [0.15, 0.2) is 66.4 Å². The Kier molecular flexibility index (Phi) is 8.66. The van der Waals surface area contributed by atoms with Crippen molar-refractivity contribution >= 4 is 64.2 Å². The summed E-state index contributed by atoms with van der Waals surface area (Å²) in [6.45, 7) is 1.84. The lowest BCUT2D eigenvalue weighted by atomic mass is 10.1. The van der Waals surface area contributed by atoms with Crippen LogP contribution in [0, 0.1) is 5.82 Å². The molecule has 1 aliphatic heterocycles. The molecule has 6 nitrogen and oxygen atoms in total. The summed E-state index contributed by atoms with van der Waals surface area (Å²) < 4.78 is 24.0. The SMILES string of the molecule is CCc1ccc(N2C(=O)/C(=C/c3cc(Cl)c(OCc4cccc(F)c4)c(Cl)c3)N(CC(=O)OC)C2=S)cc1. The molecule has 10 heteroatoms. The van der Waals surface area contributed by atoms with E-state index in [9.17, 15) is 14.0 Å². The number of carbonyl (C=O) groups excluding carboxylic acids is 2. The molecule has 3 aromatic rings. The number of amides is 1. The molecule has 4 rings (SSSR count). The Bertz CT molecular complexity index is 1410. The second-order valence-corrected chi connectivity index (χ2v) is 9.55. The highest BCUT2D eigenvalue weighted by molar-refractivity contribution is 7.80. The van der Waals surface area contributed by atoms with Crippen LogP contribution < -0.4 is 9.64 Å². The Hall–Kier alpha value is -3.46. The molecule has 1 amide bonds. The smallest absolute Gasteiger partial charge is 0.325 e. The molecule has 0 atom stereocenters. The van der Waals surface area contributed by atoms with Gasteiger partial charge in [0.1, 0.15) is 24.7 Å². The van der Waals surface area contributed by atoms with Crippen molar-refractivity contribution < 1.29 is 23.5 Å². The quantitative estimate of drug-likeness (QED) is 0.176. The van der Waals surface area contributed by atoms with E-state index in [1.807, 2.05) is 19.1 Å². The van der Waals surface area contributed by atoms with Crippen molar-refractivity contribution in [3.63, 3.8) is 0 Å². The van der Waals surface area contributed by atoms with Gasteiger partial charge in [0.25, 0.3) is 5.91 Å². The summed E-state index contributed by atoms with van der Waals surface area (Å²) in [5.74, 6) is -1.14. The predicted octanol–water partition coefficient (Wildman–Crippen LogP) is 6.42. The van der Waals surface area contributed by atoms with Crippen molar-refractivity contribution in [3.8, 4) is 5.75 Å². The number of carbonyl (C=O) groups is 2. The van der Waals surface area contributed by atoms with Crippen LogP contribution in [0.5, 0.6) is 5.75 Å². The third-order valence-electron chi connectivity index (χ3n) is 5.85. The Labute approximate surface area is 235 Å². The van der Waals surface area contributed by atoms with E-state index in [-0.39, 0.29) is 45.6 Å². The van der Waals surface area contributed by atoms with Gasteiger partial charge in [-0.15, -0.1) is 0 Å². The van der Waals surface area contributed by atoms with Crippen LogP contribution in [0.1, 0.15) is 23.6 Å². The van der Waals surface area contributed by atoms with Crippen LogP contribution in [-0.4, -0.2) is 35.5 Å². The normalized spacial score (nSPS) is 14.4. The maximum absolute atomic E-state index is 13.5. The van der Waals surface area contributed by atoms with E-state index in [1.165, 1.54) is 29.0 Å². The fourth-order valence-corrected chi connectivity index (χ4v) is 4.84. The van der Waals surface area contributed by atoms with Crippen LogP contribution in [-0.2, 0) is 27.4 Å². The average molecular weight is 573 g/mol. The molecule has 1 saturated heterocycles. The van der Waals surface area contributed by atoms with Crippen molar-refractivity contribution in [2.45, 2.75) is 20.0 Å². The maximum Gasteiger partial charge on any atom is 0.325 e. The first-order valence-electron chi connectivity index (χ1n) is 11.6. The van der Waals surface area contributed by atoms with Crippen LogP contribution in [0.25, 0.3) is 6.08 Å². The summed E-state index contributed by atoms with van der Waals surface area (Å²) in [5.41, 5.74) is 2.94. The number of hydrogen-bond donors (Lipinski definition) is 0. The zero-order valence-electron chi connectivity index (χ0n) is 20.5. The first kappa shape index (κ1) is 27.6. The molecule has 0 spiro atoms. The first-order valence-corrected chi connectivity index (χ1v) is 12.8. The number of aryl methyl sites for hydroxylation is 1. The number of thiocarbonyl (C=S) groups is 1. The lowest BCUT2D eigenvalue weighted by molar-refractivity contribution is -0.140. The number of halogens is 3. The minimum Gasteiger partial charge on any atom is -0.486 e. The first-order chi connectivity index (χ1) is 18.2. The summed E-state index contributed by atoms with van der Waals surface area (Å²) >= 11 is 18.5. The highest BCUT2D eigenvalue weighted by atomic mass is 35.5. The zero-order valence-corrected chi connectivity index (χ0v) is 22.9. The number of hydrogen-bond acceptors (Lipinski definition) is 5. The van der Waals surface area contributed by atoms with Gasteiger partial charge in [-0.2, -0.15) is 0 Å². The number of anilines is 1. The molecule has 0 aliphatic carbocycles. The number of benzene rings is 3. The van der Waals surface area contributed by atoms with Gasteiger partial charge < -0.3 is 14.4 Å². The van der Waals surface area contributed by atoms with E-state index in [2.05, 4.69) is 0 Å². The van der Waals surface area contributed by atoms with E-state index in [4.69, 9.17) is 44.9 Å². The molecule has 0 saturated carbocycles. The third-order valence-corrected chi connectivity index (χ3v) is 6.81. The van der Waals surface area contributed by atoms with Gasteiger partial charge in [0.2, 0.25) is 0 Å². The summed E-state index contributed by atoms with van der Waals surface area (Å²) in [6, 6.07) is 16.6. The highest BCUT2D eigenvalue weighted by Crippen LogP contribution is 2.37. The number of ether oxygens (including phenoxy) is 2. The Morgan fingerprint density at radius 2 is 1.74 bits per heavy atom. The van der Waals surface area contributed by atoms with Gasteiger partial charge >= 0.3 is 5.97 Å². The van der Waals surface area contributed by atoms with Crippen LogP contribution in [0.4, 0.5) is 10.1 Å². The maximum atomic E-state index is 13.5. The van der Waals surface area contributed by atoms with Crippen LogP contribution >= 0.6 is 35.4 Å². The summed E-state index contributed by atoms with van der Waals surface area (Å²) in [6.07, 6.45) is 2.40. The van der Waals surface area contributed by atoms with E-state index in [0.29, 0.717) is 16.8 Å². The molecule has 0 aromatic heterocycles. The molecule has 38 heavy (non-hydrogen) atoms. The van der Waals surface area contributed by atoms with Gasteiger partial charge in [0.15, 0.2) is 10.9 Å². The van der Waals surface area contributed by atoms with Gasteiger partial charge in [-0.1, -0.05) is 54.4 Å². The standard InChI is InChI=1S/C28H23Cl2FN2O4S/c1-3-17-7-9-21(10-8-17)33-27(35)24(32(28(33)38)15-25(34)36-2)14-19-12-22(29)26(23(30)13-19)37-16-18-5-4-6-20(31)11-18/h4-14H,3,15-16H2,1-2H3/b24-14-. The van der Waals surface area contributed by atoms with Crippen molar-refractivity contribution in [2.75, 3.05) is 18.6 Å². The van der Waals surface area contributed by atoms with Crippen LogP contribution in [0.3, 0.4) is 0 Å². The second-order valence-electron chi connectivity index (χ2n) is 8.37. The summed E-state index contributed by atoms with van der Waals surface area (Å²) in [5, 5.41) is 0.531. The lowest BCUT2D eigenvalue weighted by Gasteiger charge is -2.19. The number of nitrogens with zero attached hydrogens (tertiary/aromatic N) is 2. The lowest BCUT2D eigenvalue weighted by Crippen LogP contribution is -2.35. The summed E-state index contributed by atoms with van der Waals surface area (Å²) in [4.78, 5) is 28.5. The van der Waals surface area contributed by atoms with Gasteiger partial charge in [0, 0.05) is 0 Å². The highest BCUT2D eigenvalue weighted by Gasteiger charge is 2.40. The molecule has 0 bridgehead atoms. The fraction of sp³-hybridized carbons (Fsp3) is 0.179. The van der Waals surface area contributed by atoms with E-state index < -0.39 is 11.9 Å². The fourth-order valence-electron chi connectivity index (χ4n) is 3.88. The van der Waals surface area contributed by atoms with Crippen molar-refractivity contribution in [3.05, 3.63) is 98.9 Å². The molecule has 1 fully saturated rings. The van der Waals surface area contributed by atoms with Crippen molar-refractivity contribution in [1.29, 1.82) is 0 Å². The summed E-state index contributed by atoms with van der Waals surface area (Å²) in [7, 11) is 1.26. The molecular formula is C28H23Cl2FN2O4S. The van der Waals surface area contributed by atoms with Gasteiger partial charge in [0.05, 0.1) is 22.8 Å².